The summed E-state index contributed by atoms with van der Waals surface area (Å²) in [6, 6.07) is 10.4. The smallest absolute Gasteiger partial charge is 0.315 e. The summed E-state index contributed by atoms with van der Waals surface area (Å²) < 4.78 is 10.6. The first-order valence-corrected chi connectivity index (χ1v) is 10.5. The van der Waals surface area contributed by atoms with E-state index in [1.54, 1.807) is 24.3 Å². The number of esters is 1. The molecule has 0 atom stereocenters. The van der Waals surface area contributed by atoms with E-state index in [0.717, 1.165) is 11.3 Å². The summed E-state index contributed by atoms with van der Waals surface area (Å²) in [5.41, 5.74) is 2.64. The van der Waals surface area contributed by atoms with E-state index in [1.807, 2.05) is 12.1 Å². The van der Waals surface area contributed by atoms with Gasteiger partial charge in [0.15, 0.2) is 5.78 Å². The Hall–Kier alpha value is -3.88. The average molecular weight is 435 g/mol. The Kier molecular flexibility index (Phi) is 5.01. The Morgan fingerprint density at radius 3 is 2.56 bits per heavy atom. The number of rotatable bonds is 2. The van der Waals surface area contributed by atoms with Crippen LogP contribution in [0.3, 0.4) is 0 Å². The molecule has 164 valence electrons. The number of Topliss-reactive ketones (excluding diaryl/α,β-unsaturated/α-hetero) is 1. The summed E-state index contributed by atoms with van der Waals surface area (Å²) in [5, 5.41) is 2.58. The molecule has 1 N–H and O–H groups in total. The molecule has 0 saturated carbocycles. The molecule has 0 bridgehead atoms. The summed E-state index contributed by atoms with van der Waals surface area (Å²) >= 11 is 0. The van der Waals surface area contributed by atoms with Gasteiger partial charge in [0.05, 0.1) is 18.6 Å². The summed E-state index contributed by atoms with van der Waals surface area (Å²) in [7, 11) is 0. The van der Waals surface area contributed by atoms with Gasteiger partial charge < -0.3 is 24.6 Å². The van der Waals surface area contributed by atoms with Crippen LogP contribution in [-0.2, 0) is 20.8 Å². The number of carbonyl (C=O) groups excluding carboxylic acids is 4. The number of carbonyl (C=O) groups is 4. The van der Waals surface area contributed by atoms with Gasteiger partial charge in [-0.3, -0.25) is 19.2 Å². The largest absolute Gasteiger partial charge is 0.492 e. The minimum atomic E-state index is -0.737. The number of ketones is 1. The van der Waals surface area contributed by atoms with Crippen molar-refractivity contribution in [2.24, 2.45) is 0 Å². The van der Waals surface area contributed by atoms with Crippen LogP contribution in [0.15, 0.2) is 36.4 Å². The molecule has 1 saturated heterocycles. The molecule has 0 unspecified atom stereocenters. The van der Waals surface area contributed by atoms with Crippen molar-refractivity contribution in [2.75, 3.05) is 43.0 Å². The second kappa shape index (κ2) is 7.99. The maximum absolute atomic E-state index is 12.6. The van der Waals surface area contributed by atoms with Gasteiger partial charge in [0, 0.05) is 55.6 Å². The molecular weight excluding hydrogens is 414 g/mol. The predicted octanol–water partition coefficient (Wildman–Crippen LogP) is 1.40. The quantitative estimate of drug-likeness (QED) is 0.432. The first-order chi connectivity index (χ1) is 15.5. The van der Waals surface area contributed by atoms with E-state index in [2.05, 4.69) is 10.2 Å². The zero-order chi connectivity index (χ0) is 22.2. The second-order valence-corrected chi connectivity index (χ2v) is 7.91. The maximum atomic E-state index is 12.6. The van der Waals surface area contributed by atoms with Crippen molar-refractivity contribution in [3.63, 3.8) is 0 Å². The Labute approximate surface area is 183 Å². The lowest BCUT2D eigenvalue weighted by molar-refractivity contribution is -0.143. The molecule has 2 amide bonds. The minimum absolute atomic E-state index is 0.0694. The maximum Gasteiger partial charge on any atom is 0.315 e. The molecule has 2 aromatic carbocycles. The number of nitrogens with one attached hydrogen (secondary N) is 1. The second-order valence-electron chi connectivity index (χ2n) is 7.91. The van der Waals surface area contributed by atoms with Crippen LogP contribution in [-0.4, -0.2) is 61.3 Å². The third-order valence-corrected chi connectivity index (χ3v) is 5.86. The van der Waals surface area contributed by atoms with Crippen molar-refractivity contribution in [3.8, 4) is 11.5 Å². The molecule has 1 fully saturated rings. The summed E-state index contributed by atoms with van der Waals surface area (Å²) in [5.74, 6) is -0.608. The highest BCUT2D eigenvalue weighted by Crippen LogP contribution is 2.30. The molecule has 3 aliphatic heterocycles. The van der Waals surface area contributed by atoms with Gasteiger partial charge in [0.1, 0.15) is 11.5 Å². The highest BCUT2D eigenvalue weighted by Gasteiger charge is 2.28. The van der Waals surface area contributed by atoms with Crippen molar-refractivity contribution in [1.82, 2.24) is 4.90 Å². The third kappa shape index (κ3) is 3.77. The van der Waals surface area contributed by atoms with E-state index in [0.29, 0.717) is 62.0 Å². The lowest BCUT2D eigenvalue weighted by Gasteiger charge is -2.36. The first kappa shape index (κ1) is 20.0. The SMILES string of the molecule is O=C1Cc2ccc(NC(=O)C(=O)N3CCN(c4ccc5c(c4)C(=O)CCO5)CC3)cc2O1. The van der Waals surface area contributed by atoms with Gasteiger partial charge >= 0.3 is 17.8 Å². The first-order valence-electron chi connectivity index (χ1n) is 10.5. The van der Waals surface area contributed by atoms with Crippen LogP contribution < -0.4 is 19.7 Å². The normalized spacial score (nSPS) is 17.2. The number of benzene rings is 2. The number of fused-ring (bicyclic) bond motifs is 2. The average Bonchev–Trinajstić information content (AvgIpc) is 3.18. The number of piperazine rings is 1. The van der Waals surface area contributed by atoms with Gasteiger partial charge in [-0.2, -0.15) is 0 Å². The summed E-state index contributed by atoms with van der Waals surface area (Å²) in [4.78, 5) is 52.2. The minimum Gasteiger partial charge on any atom is -0.492 e. The summed E-state index contributed by atoms with van der Waals surface area (Å²) in [6.45, 7) is 2.26. The van der Waals surface area contributed by atoms with E-state index in [9.17, 15) is 19.2 Å². The van der Waals surface area contributed by atoms with E-state index >= 15 is 0 Å². The molecule has 5 rings (SSSR count). The zero-order valence-electron chi connectivity index (χ0n) is 17.3. The van der Waals surface area contributed by atoms with Gasteiger partial charge in [-0.1, -0.05) is 6.07 Å². The molecule has 9 nitrogen and oxygen atoms in total. The van der Waals surface area contributed by atoms with Crippen LogP contribution in [0.25, 0.3) is 0 Å². The van der Waals surface area contributed by atoms with Gasteiger partial charge in [-0.05, 0) is 24.3 Å². The van der Waals surface area contributed by atoms with Gasteiger partial charge in [0.25, 0.3) is 0 Å². The summed E-state index contributed by atoms with van der Waals surface area (Å²) in [6.07, 6.45) is 0.582. The Bertz CT molecular complexity index is 1140. The number of ether oxygens (including phenoxy) is 2. The highest BCUT2D eigenvalue weighted by atomic mass is 16.5. The van der Waals surface area contributed by atoms with Crippen LogP contribution in [0.5, 0.6) is 11.5 Å². The number of amides is 2. The molecule has 3 heterocycles. The van der Waals surface area contributed by atoms with Crippen molar-refractivity contribution in [2.45, 2.75) is 12.8 Å². The van der Waals surface area contributed by atoms with Gasteiger partial charge in [0.2, 0.25) is 0 Å². The van der Waals surface area contributed by atoms with E-state index in [4.69, 9.17) is 9.47 Å². The van der Waals surface area contributed by atoms with Crippen molar-refractivity contribution < 1.29 is 28.7 Å². The van der Waals surface area contributed by atoms with Gasteiger partial charge in [-0.15, -0.1) is 0 Å². The standard InChI is InChI=1S/C23H21N3O6/c27-18-5-10-31-19-4-3-16(13-17(18)19)25-6-8-26(9-7-25)23(30)22(29)24-15-2-1-14-11-21(28)32-20(14)12-15/h1-4,12-13H,5-11H2,(H,24,29). The zero-order valence-corrected chi connectivity index (χ0v) is 17.3. The molecule has 0 spiro atoms. The molecule has 3 aliphatic rings. The molecule has 32 heavy (non-hydrogen) atoms. The fourth-order valence-corrected chi connectivity index (χ4v) is 4.13. The van der Waals surface area contributed by atoms with Crippen molar-refractivity contribution in [3.05, 3.63) is 47.5 Å². The lowest BCUT2D eigenvalue weighted by Crippen LogP contribution is -2.51. The van der Waals surface area contributed by atoms with Crippen LogP contribution in [0.1, 0.15) is 22.3 Å². The fourth-order valence-electron chi connectivity index (χ4n) is 4.13. The van der Waals surface area contributed by atoms with Crippen LogP contribution in [0.4, 0.5) is 11.4 Å². The third-order valence-electron chi connectivity index (χ3n) is 5.86. The number of hydrogen-bond donors (Lipinski definition) is 1. The molecule has 0 radical (unpaired) electrons. The fraction of sp³-hybridized carbons (Fsp3) is 0.304. The molecule has 0 aromatic heterocycles. The van der Waals surface area contributed by atoms with E-state index in [-0.39, 0.29) is 18.2 Å². The Morgan fingerprint density at radius 2 is 1.75 bits per heavy atom. The van der Waals surface area contributed by atoms with Crippen LogP contribution in [0, 0.1) is 0 Å². The molecule has 2 aromatic rings. The van der Waals surface area contributed by atoms with Crippen LogP contribution >= 0.6 is 0 Å². The van der Waals surface area contributed by atoms with Crippen molar-refractivity contribution >= 4 is 34.9 Å². The molecular formula is C23H21N3O6. The monoisotopic (exact) mass is 435 g/mol. The Balaban J connectivity index is 1.19. The number of nitrogens with zero attached hydrogens (tertiary/aromatic N) is 2. The van der Waals surface area contributed by atoms with Crippen molar-refractivity contribution in [1.29, 1.82) is 0 Å². The lowest BCUT2D eigenvalue weighted by atomic mass is 10.0. The Morgan fingerprint density at radius 1 is 0.938 bits per heavy atom. The van der Waals surface area contributed by atoms with Crippen LogP contribution in [0.2, 0.25) is 0 Å². The molecule has 0 aliphatic carbocycles. The predicted molar refractivity (Wildman–Crippen MR) is 114 cm³/mol. The molecule has 9 heteroatoms. The van der Waals surface area contributed by atoms with E-state index < -0.39 is 11.8 Å². The topological polar surface area (TPSA) is 105 Å². The highest BCUT2D eigenvalue weighted by molar-refractivity contribution is 6.39. The van der Waals surface area contributed by atoms with E-state index in [1.165, 1.54) is 4.90 Å². The number of anilines is 2. The van der Waals surface area contributed by atoms with Gasteiger partial charge in [-0.25, -0.2) is 0 Å². The number of hydrogen-bond acceptors (Lipinski definition) is 7.